The molecule has 7 nitrogen and oxygen atoms in total. The van der Waals surface area contributed by atoms with E-state index >= 15 is 0 Å². The third kappa shape index (κ3) is 4.49. The normalized spacial score (nSPS) is 27.2. The van der Waals surface area contributed by atoms with Crippen LogP contribution in [0.1, 0.15) is 6.42 Å². The highest BCUT2D eigenvalue weighted by atomic mass is 19.4. The van der Waals surface area contributed by atoms with Gasteiger partial charge in [-0.05, 0) is 6.42 Å². The molecule has 148 valence electrons. The zero-order chi connectivity index (χ0) is 19.9. The van der Waals surface area contributed by atoms with Crippen molar-refractivity contribution in [2.75, 3.05) is 26.2 Å². The largest absolute Gasteiger partial charge is 0.481 e. The number of carboxylic acids is 1. The van der Waals surface area contributed by atoms with E-state index in [0.717, 1.165) is 0 Å². The van der Waals surface area contributed by atoms with Crippen LogP contribution < -0.4 is 5.32 Å². The number of alkyl halides is 6. The Morgan fingerprint density at radius 1 is 1.15 bits per heavy atom. The molecule has 2 N–H and O–H groups in total. The van der Waals surface area contributed by atoms with Crippen molar-refractivity contribution >= 4 is 17.9 Å². The van der Waals surface area contributed by atoms with Gasteiger partial charge in [0.2, 0.25) is 5.91 Å². The fourth-order valence-electron chi connectivity index (χ4n) is 3.04. The number of hydrogen-bond acceptors (Lipinski definition) is 3. The van der Waals surface area contributed by atoms with Crippen LogP contribution in [0.15, 0.2) is 0 Å². The van der Waals surface area contributed by atoms with Crippen molar-refractivity contribution in [1.82, 2.24) is 15.1 Å². The molecule has 0 saturated carbocycles. The van der Waals surface area contributed by atoms with Crippen LogP contribution in [0.4, 0.5) is 31.1 Å². The van der Waals surface area contributed by atoms with Gasteiger partial charge in [-0.3, -0.25) is 9.59 Å². The molecule has 0 aliphatic carbocycles. The Hall–Kier alpha value is -2.21. The average Bonchev–Trinajstić information content (AvgIpc) is 3.04. The van der Waals surface area contributed by atoms with Crippen molar-refractivity contribution in [3.63, 3.8) is 0 Å². The summed E-state index contributed by atoms with van der Waals surface area (Å²) in [7, 11) is 0. The molecular weight excluding hydrogens is 376 g/mol. The summed E-state index contributed by atoms with van der Waals surface area (Å²) in [5.74, 6) is -6.80. The number of nitrogens with one attached hydrogen (secondary N) is 1. The van der Waals surface area contributed by atoms with E-state index < -0.39 is 67.8 Å². The molecule has 0 aromatic rings. The topological polar surface area (TPSA) is 89.9 Å². The molecule has 0 spiro atoms. The molecule has 0 aromatic heterocycles. The lowest BCUT2D eigenvalue weighted by atomic mass is 9.96. The Morgan fingerprint density at radius 3 is 2.23 bits per heavy atom. The van der Waals surface area contributed by atoms with E-state index in [2.05, 4.69) is 5.32 Å². The van der Waals surface area contributed by atoms with Crippen LogP contribution in [-0.4, -0.2) is 77.4 Å². The minimum Gasteiger partial charge on any atom is -0.481 e. The van der Waals surface area contributed by atoms with Crippen LogP contribution in [0, 0.1) is 11.8 Å². The Balaban J connectivity index is 1.98. The predicted molar refractivity (Wildman–Crippen MR) is 71.8 cm³/mol. The third-order valence-electron chi connectivity index (χ3n) is 4.31. The van der Waals surface area contributed by atoms with E-state index in [4.69, 9.17) is 5.11 Å². The molecule has 1 unspecified atom stereocenters. The van der Waals surface area contributed by atoms with Crippen LogP contribution in [-0.2, 0) is 9.59 Å². The molecule has 13 heteroatoms. The summed E-state index contributed by atoms with van der Waals surface area (Å²) in [6.45, 7) is -3.36. The maximum absolute atomic E-state index is 12.9. The van der Waals surface area contributed by atoms with E-state index in [1.54, 1.807) is 0 Å². The van der Waals surface area contributed by atoms with Crippen molar-refractivity contribution in [2.45, 2.75) is 24.8 Å². The third-order valence-corrected chi connectivity index (χ3v) is 4.31. The maximum Gasteiger partial charge on any atom is 0.406 e. The van der Waals surface area contributed by atoms with E-state index in [-0.39, 0.29) is 13.0 Å². The van der Waals surface area contributed by atoms with Crippen LogP contribution in [0.5, 0.6) is 0 Å². The fraction of sp³-hybridized carbons (Fsp3) is 0.769. The highest BCUT2D eigenvalue weighted by Gasteiger charge is 2.54. The van der Waals surface area contributed by atoms with Gasteiger partial charge in [0.05, 0.1) is 11.8 Å². The average molecular weight is 391 g/mol. The Morgan fingerprint density at radius 2 is 1.77 bits per heavy atom. The van der Waals surface area contributed by atoms with Gasteiger partial charge in [0.1, 0.15) is 12.6 Å². The zero-order valence-electron chi connectivity index (χ0n) is 13.1. The van der Waals surface area contributed by atoms with Crippen molar-refractivity contribution < 1.29 is 45.8 Å². The molecule has 0 aromatic carbocycles. The molecule has 0 radical (unpaired) electrons. The smallest absolute Gasteiger partial charge is 0.406 e. The summed E-state index contributed by atoms with van der Waals surface area (Å²) >= 11 is 0. The number of likely N-dealkylation sites (tertiary alicyclic amines) is 2. The number of amides is 3. The van der Waals surface area contributed by atoms with Gasteiger partial charge in [-0.15, -0.1) is 0 Å². The number of carboxylic acid groups (broad SMARTS) is 1. The Labute approximate surface area is 142 Å². The van der Waals surface area contributed by atoms with Crippen LogP contribution in [0.25, 0.3) is 0 Å². The SMILES string of the molecule is O=C(O)[C@@H]1CN(C(=O)NC2CCN(CC(F)(F)F)C2=O)C[C@H]1C(F)(F)F. The molecule has 0 bridgehead atoms. The van der Waals surface area contributed by atoms with Gasteiger partial charge < -0.3 is 20.2 Å². The number of nitrogens with zero attached hydrogens (tertiary/aromatic N) is 2. The Kier molecular flexibility index (Phi) is 5.29. The van der Waals surface area contributed by atoms with E-state index in [1.807, 2.05) is 0 Å². The minimum atomic E-state index is -4.83. The van der Waals surface area contributed by atoms with Gasteiger partial charge in [0.25, 0.3) is 0 Å². The molecule has 2 rings (SSSR count). The quantitative estimate of drug-likeness (QED) is 0.704. The predicted octanol–water partition coefficient (Wildman–Crippen LogP) is 1.05. The number of carbonyl (C=O) groups excluding carboxylic acids is 2. The fourth-order valence-corrected chi connectivity index (χ4v) is 3.04. The monoisotopic (exact) mass is 391 g/mol. The van der Waals surface area contributed by atoms with Crippen LogP contribution in [0.2, 0.25) is 0 Å². The molecule has 3 atom stereocenters. The molecule has 26 heavy (non-hydrogen) atoms. The van der Waals surface area contributed by atoms with E-state index in [0.29, 0.717) is 9.80 Å². The van der Waals surface area contributed by atoms with Gasteiger partial charge in [-0.25, -0.2) is 4.79 Å². The second kappa shape index (κ2) is 6.83. The van der Waals surface area contributed by atoms with Crippen LogP contribution in [0.3, 0.4) is 0 Å². The molecule has 2 aliphatic heterocycles. The Bertz CT molecular complexity index is 593. The molecule has 2 heterocycles. The second-order valence-corrected chi connectivity index (χ2v) is 6.16. The first-order valence-corrected chi connectivity index (χ1v) is 7.50. The minimum absolute atomic E-state index is 0.125. The van der Waals surface area contributed by atoms with Crippen molar-refractivity contribution in [3.8, 4) is 0 Å². The van der Waals surface area contributed by atoms with Gasteiger partial charge in [0, 0.05) is 19.6 Å². The maximum atomic E-state index is 12.9. The van der Waals surface area contributed by atoms with Crippen molar-refractivity contribution in [1.29, 1.82) is 0 Å². The second-order valence-electron chi connectivity index (χ2n) is 6.16. The number of aliphatic carboxylic acids is 1. The van der Waals surface area contributed by atoms with Gasteiger partial charge in [-0.2, -0.15) is 26.3 Å². The summed E-state index contributed by atoms with van der Waals surface area (Å²) < 4.78 is 75.7. The highest BCUT2D eigenvalue weighted by Crippen LogP contribution is 2.37. The highest BCUT2D eigenvalue weighted by molar-refractivity contribution is 5.89. The van der Waals surface area contributed by atoms with Crippen molar-refractivity contribution in [2.24, 2.45) is 11.8 Å². The summed E-state index contributed by atoms with van der Waals surface area (Å²) in [5.41, 5.74) is 0. The van der Waals surface area contributed by atoms with Crippen molar-refractivity contribution in [3.05, 3.63) is 0 Å². The van der Waals surface area contributed by atoms with Gasteiger partial charge in [0.15, 0.2) is 0 Å². The van der Waals surface area contributed by atoms with E-state index in [1.165, 1.54) is 0 Å². The lowest BCUT2D eigenvalue weighted by molar-refractivity contribution is -0.187. The lowest BCUT2D eigenvalue weighted by Crippen LogP contribution is -2.48. The van der Waals surface area contributed by atoms with Gasteiger partial charge in [-0.1, -0.05) is 0 Å². The molecule has 2 saturated heterocycles. The zero-order valence-corrected chi connectivity index (χ0v) is 13.1. The molecule has 2 fully saturated rings. The number of urea groups is 1. The summed E-state index contributed by atoms with van der Waals surface area (Å²) in [6.07, 6.45) is -9.57. The first kappa shape index (κ1) is 20.1. The number of carbonyl (C=O) groups is 3. The molecule has 2 aliphatic rings. The molecular formula is C13H15F6N3O4. The first-order valence-electron chi connectivity index (χ1n) is 7.50. The number of hydrogen-bond donors (Lipinski definition) is 2. The first-order chi connectivity index (χ1) is 11.8. The summed E-state index contributed by atoms with van der Waals surface area (Å²) in [6, 6.07) is -2.41. The summed E-state index contributed by atoms with van der Waals surface area (Å²) in [4.78, 5) is 36.0. The van der Waals surface area contributed by atoms with Gasteiger partial charge >= 0.3 is 24.4 Å². The molecule has 3 amide bonds. The van der Waals surface area contributed by atoms with Crippen LogP contribution >= 0.6 is 0 Å². The van der Waals surface area contributed by atoms with E-state index in [9.17, 15) is 40.7 Å². The number of halogens is 6. The standard InChI is InChI=1S/C13H15F6N3O4/c14-12(15,16)5-21-2-1-8(9(21)23)20-11(26)22-3-6(10(24)25)7(4-22)13(17,18)19/h6-8H,1-5H2,(H,20,26)(H,24,25)/t6-,7-,8?/m1/s1. The lowest BCUT2D eigenvalue weighted by Gasteiger charge is -2.21. The summed E-state index contributed by atoms with van der Waals surface area (Å²) in [5, 5.41) is 11.0. The number of rotatable bonds is 3.